The smallest absolute Gasteiger partial charge is 0.338 e. The van der Waals surface area contributed by atoms with Gasteiger partial charge in [0, 0.05) is 11.3 Å². The van der Waals surface area contributed by atoms with Crippen molar-refractivity contribution >= 4 is 12.0 Å². The molecule has 124 valence electrons. The summed E-state index contributed by atoms with van der Waals surface area (Å²) < 4.78 is 10.8. The Morgan fingerprint density at radius 3 is 2.48 bits per heavy atom. The first-order valence-electron chi connectivity index (χ1n) is 7.37. The van der Waals surface area contributed by atoms with E-state index in [0.717, 1.165) is 0 Å². The van der Waals surface area contributed by atoms with Crippen LogP contribution in [0.4, 0.5) is 4.79 Å². The fraction of sp³-hybridized carbons (Fsp3) is 0.412. The molecule has 0 aromatic heterocycles. The number of hydrogen-bond donors (Lipinski definition) is 2. The van der Waals surface area contributed by atoms with Crippen LogP contribution in [0.5, 0.6) is 5.75 Å². The minimum atomic E-state index is -0.630. The van der Waals surface area contributed by atoms with Crippen LogP contribution in [0.3, 0.4) is 0 Å². The molecule has 1 aromatic rings. The topological polar surface area (TPSA) is 76.7 Å². The third kappa shape index (κ3) is 3.83. The van der Waals surface area contributed by atoms with Crippen LogP contribution in [0.15, 0.2) is 35.5 Å². The van der Waals surface area contributed by atoms with E-state index < -0.39 is 17.6 Å². The Bertz CT molecular complexity index is 659. The van der Waals surface area contributed by atoms with Crippen molar-refractivity contribution in [1.82, 2.24) is 10.6 Å². The number of methoxy groups -OCH3 is 1. The van der Waals surface area contributed by atoms with Gasteiger partial charge in [-0.2, -0.15) is 0 Å². The van der Waals surface area contributed by atoms with E-state index in [1.807, 2.05) is 18.2 Å². The Morgan fingerprint density at radius 1 is 1.22 bits per heavy atom. The van der Waals surface area contributed by atoms with Crippen molar-refractivity contribution < 1.29 is 19.1 Å². The van der Waals surface area contributed by atoms with Gasteiger partial charge in [-0.15, -0.1) is 0 Å². The zero-order chi connectivity index (χ0) is 17.2. The fourth-order valence-electron chi connectivity index (χ4n) is 2.44. The van der Waals surface area contributed by atoms with Crippen molar-refractivity contribution in [2.45, 2.75) is 39.3 Å². The number of carbonyl (C=O) groups is 2. The van der Waals surface area contributed by atoms with Gasteiger partial charge < -0.3 is 20.1 Å². The molecule has 0 bridgehead atoms. The van der Waals surface area contributed by atoms with Crippen LogP contribution in [0, 0.1) is 0 Å². The number of amides is 2. The third-order valence-electron chi connectivity index (χ3n) is 3.34. The monoisotopic (exact) mass is 318 g/mol. The predicted molar refractivity (Wildman–Crippen MR) is 85.9 cm³/mol. The molecule has 0 aliphatic carbocycles. The van der Waals surface area contributed by atoms with E-state index in [1.165, 1.54) is 0 Å². The lowest BCUT2D eigenvalue weighted by molar-refractivity contribution is -0.150. The number of nitrogens with one attached hydrogen (secondary N) is 2. The number of urea groups is 1. The lowest BCUT2D eigenvalue weighted by Gasteiger charge is -2.30. The number of hydrogen-bond acceptors (Lipinski definition) is 4. The zero-order valence-electron chi connectivity index (χ0n) is 14.0. The maximum atomic E-state index is 12.6. The van der Waals surface area contributed by atoms with E-state index in [9.17, 15) is 9.59 Å². The highest BCUT2D eigenvalue weighted by Gasteiger charge is 2.35. The molecule has 1 aliphatic heterocycles. The second-order valence-corrected chi connectivity index (χ2v) is 6.31. The molecule has 0 saturated heterocycles. The predicted octanol–water partition coefficient (Wildman–Crippen LogP) is 2.66. The lowest BCUT2D eigenvalue weighted by atomic mass is 9.94. The van der Waals surface area contributed by atoms with E-state index in [0.29, 0.717) is 22.6 Å². The standard InChI is InChI=1S/C17H22N2O4/c1-10-13(15(20)23-17(2,3)4)14(19-16(21)18-10)11-8-6-7-9-12(11)22-5/h6-9,14H,1-5H3,(H2,18,19,21)/t14-/m1/s1. The number of para-hydroxylation sites is 1. The highest BCUT2D eigenvalue weighted by molar-refractivity contribution is 5.95. The average molecular weight is 318 g/mol. The van der Waals surface area contributed by atoms with Gasteiger partial charge in [0.1, 0.15) is 11.4 Å². The van der Waals surface area contributed by atoms with Crippen molar-refractivity contribution in [2.75, 3.05) is 7.11 Å². The average Bonchev–Trinajstić information content (AvgIpc) is 2.44. The Labute approximate surface area is 135 Å². The Hall–Kier alpha value is -2.50. The van der Waals surface area contributed by atoms with E-state index in [-0.39, 0.29) is 6.03 Å². The van der Waals surface area contributed by atoms with Crippen LogP contribution >= 0.6 is 0 Å². The van der Waals surface area contributed by atoms with E-state index in [1.54, 1.807) is 40.9 Å². The van der Waals surface area contributed by atoms with Gasteiger partial charge in [-0.25, -0.2) is 9.59 Å². The molecule has 1 aromatic carbocycles. The molecule has 23 heavy (non-hydrogen) atoms. The lowest BCUT2D eigenvalue weighted by Crippen LogP contribution is -2.46. The number of allylic oxidation sites excluding steroid dienone is 1. The quantitative estimate of drug-likeness (QED) is 0.840. The van der Waals surface area contributed by atoms with Crippen LogP contribution in [-0.4, -0.2) is 24.7 Å². The van der Waals surface area contributed by atoms with Crippen molar-refractivity contribution in [3.05, 3.63) is 41.1 Å². The molecule has 1 aliphatic rings. The molecule has 2 N–H and O–H groups in total. The summed E-state index contributed by atoms with van der Waals surface area (Å²) in [6.45, 7) is 7.08. The number of ether oxygens (including phenoxy) is 2. The molecular formula is C17H22N2O4. The summed E-state index contributed by atoms with van der Waals surface area (Å²) in [5.74, 6) is 0.118. The Kier molecular flexibility index (Phi) is 4.63. The molecule has 0 saturated carbocycles. The van der Waals surface area contributed by atoms with Crippen molar-refractivity contribution in [1.29, 1.82) is 0 Å². The fourth-order valence-corrected chi connectivity index (χ4v) is 2.44. The highest BCUT2D eigenvalue weighted by Crippen LogP contribution is 2.33. The van der Waals surface area contributed by atoms with E-state index in [4.69, 9.17) is 9.47 Å². The Balaban J connectivity index is 2.48. The Morgan fingerprint density at radius 2 is 1.87 bits per heavy atom. The second-order valence-electron chi connectivity index (χ2n) is 6.31. The molecule has 1 heterocycles. The van der Waals surface area contributed by atoms with Crippen molar-refractivity contribution in [2.24, 2.45) is 0 Å². The summed E-state index contributed by atoms with van der Waals surface area (Å²) in [6, 6.07) is 6.25. The van der Waals surface area contributed by atoms with Crippen LogP contribution in [0.1, 0.15) is 39.3 Å². The van der Waals surface area contributed by atoms with Gasteiger partial charge in [0.2, 0.25) is 0 Å². The minimum absolute atomic E-state index is 0.365. The molecule has 0 spiro atoms. The number of rotatable bonds is 3. The second kappa shape index (κ2) is 6.32. The normalized spacial score (nSPS) is 18.1. The summed E-state index contributed by atoms with van der Waals surface area (Å²) in [5.41, 5.74) is 0.907. The van der Waals surface area contributed by atoms with Gasteiger partial charge in [0.15, 0.2) is 0 Å². The molecule has 2 amide bonds. The highest BCUT2D eigenvalue weighted by atomic mass is 16.6. The van der Waals surface area contributed by atoms with Gasteiger partial charge in [-0.05, 0) is 33.8 Å². The largest absolute Gasteiger partial charge is 0.496 e. The van der Waals surface area contributed by atoms with Crippen molar-refractivity contribution in [3.63, 3.8) is 0 Å². The molecule has 0 unspecified atom stereocenters. The zero-order valence-corrected chi connectivity index (χ0v) is 14.0. The van der Waals surface area contributed by atoms with E-state index >= 15 is 0 Å². The van der Waals surface area contributed by atoms with E-state index in [2.05, 4.69) is 10.6 Å². The molecule has 1 atom stereocenters. The molecule has 2 rings (SSSR count). The van der Waals surface area contributed by atoms with Gasteiger partial charge in [-0.3, -0.25) is 0 Å². The van der Waals surface area contributed by atoms with Gasteiger partial charge in [0.05, 0.1) is 18.7 Å². The molecule has 0 radical (unpaired) electrons. The van der Waals surface area contributed by atoms with Gasteiger partial charge in [0.25, 0.3) is 0 Å². The maximum absolute atomic E-state index is 12.6. The maximum Gasteiger partial charge on any atom is 0.338 e. The summed E-state index contributed by atoms with van der Waals surface area (Å²) in [7, 11) is 1.55. The third-order valence-corrected chi connectivity index (χ3v) is 3.34. The first-order valence-corrected chi connectivity index (χ1v) is 7.37. The van der Waals surface area contributed by atoms with Crippen LogP contribution in [0.25, 0.3) is 0 Å². The summed E-state index contributed by atoms with van der Waals surface area (Å²) in [5, 5.41) is 5.39. The van der Waals surface area contributed by atoms with Gasteiger partial charge >= 0.3 is 12.0 Å². The SMILES string of the molecule is COc1ccccc1[C@H]1NC(=O)NC(C)=C1C(=O)OC(C)(C)C. The first-order chi connectivity index (χ1) is 10.7. The van der Waals surface area contributed by atoms with Crippen LogP contribution in [-0.2, 0) is 9.53 Å². The molecule has 6 nitrogen and oxygen atoms in total. The molecule has 0 fully saturated rings. The van der Waals surface area contributed by atoms with Crippen LogP contribution in [0.2, 0.25) is 0 Å². The summed E-state index contributed by atoms with van der Waals surface area (Å²) in [4.78, 5) is 24.5. The first kappa shape index (κ1) is 16.9. The number of carbonyl (C=O) groups excluding carboxylic acids is 2. The number of esters is 1. The number of benzene rings is 1. The summed E-state index contributed by atoms with van der Waals surface area (Å²) >= 11 is 0. The van der Waals surface area contributed by atoms with Gasteiger partial charge in [-0.1, -0.05) is 18.2 Å². The van der Waals surface area contributed by atoms with Crippen molar-refractivity contribution in [3.8, 4) is 5.75 Å². The molecule has 6 heteroatoms. The summed E-state index contributed by atoms with van der Waals surface area (Å²) in [6.07, 6.45) is 0. The minimum Gasteiger partial charge on any atom is -0.496 e. The molecular weight excluding hydrogens is 296 g/mol. The van der Waals surface area contributed by atoms with Crippen LogP contribution < -0.4 is 15.4 Å².